The molecule has 0 spiro atoms. The summed E-state index contributed by atoms with van der Waals surface area (Å²) in [5.74, 6) is -1.55. The van der Waals surface area contributed by atoms with Crippen LogP contribution in [0.5, 0.6) is 0 Å². The third-order valence-corrected chi connectivity index (χ3v) is 6.52. The molecule has 1 fully saturated rings. The molecule has 5 nitrogen and oxygen atoms in total. The third kappa shape index (κ3) is 5.17. The van der Waals surface area contributed by atoms with Crippen LogP contribution in [0.4, 0.5) is 4.39 Å². The smallest absolute Gasteiger partial charge is 0.212 e. The average molecular weight is 425 g/mol. The van der Waals surface area contributed by atoms with Crippen molar-refractivity contribution < 1.29 is 17.6 Å². The van der Waals surface area contributed by atoms with Crippen molar-refractivity contribution in [2.75, 3.05) is 25.4 Å². The summed E-state index contributed by atoms with van der Waals surface area (Å²) in [6, 6.07) is 10.4. The Kier molecular flexibility index (Phi) is 6.50. The molecule has 0 saturated carbocycles. The van der Waals surface area contributed by atoms with Crippen LogP contribution >= 0.6 is 11.6 Å². The second kappa shape index (κ2) is 8.69. The number of carbonyl (C=O) groups excluding carboxylic acids is 1. The Hall–Kier alpha value is -1.80. The van der Waals surface area contributed by atoms with Crippen LogP contribution in [0.3, 0.4) is 0 Å². The van der Waals surface area contributed by atoms with Gasteiger partial charge in [-0.15, -0.1) is 0 Å². The van der Waals surface area contributed by atoms with Gasteiger partial charge in [0.05, 0.1) is 22.9 Å². The normalized spacial score (nSPS) is 17.0. The van der Waals surface area contributed by atoms with Crippen LogP contribution in [0.25, 0.3) is 11.1 Å². The van der Waals surface area contributed by atoms with Gasteiger partial charge in [-0.2, -0.15) is 0 Å². The monoisotopic (exact) mass is 424 g/mol. The van der Waals surface area contributed by atoms with Crippen molar-refractivity contribution in [3.8, 4) is 11.1 Å². The molecule has 1 atom stereocenters. The van der Waals surface area contributed by atoms with Crippen molar-refractivity contribution in [2.24, 2.45) is 5.92 Å². The zero-order chi connectivity index (χ0) is 20.3. The fourth-order valence-corrected chi connectivity index (χ4v) is 4.87. The summed E-state index contributed by atoms with van der Waals surface area (Å²) in [6.45, 7) is 2.84. The molecule has 1 aliphatic rings. The standard InChI is InChI=1S/C20H22ClFN2O3S/c1-13-3-2-4-15(7-13)16-8-17(20(22)18(21)9-16)19(25)11-24-28(26,27)12-14-5-6-23-10-14/h2-4,7-9,14,23-24H,5-6,10-12H2,1H3. The van der Waals surface area contributed by atoms with Crippen LogP contribution in [0.15, 0.2) is 36.4 Å². The van der Waals surface area contributed by atoms with E-state index in [4.69, 9.17) is 11.6 Å². The molecule has 2 aromatic rings. The van der Waals surface area contributed by atoms with E-state index in [9.17, 15) is 17.6 Å². The summed E-state index contributed by atoms with van der Waals surface area (Å²) in [7, 11) is -3.63. The van der Waals surface area contributed by atoms with Crippen LogP contribution in [0, 0.1) is 18.7 Å². The first-order chi connectivity index (χ1) is 13.2. The van der Waals surface area contributed by atoms with Gasteiger partial charge < -0.3 is 5.32 Å². The Bertz CT molecular complexity index is 989. The van der Waals surface area contributed by atoms with E-state index in [2.05, 4.69) is 10.0 Å². The third-order valence-electron chi connectivity index (χ3n) is 4.75. The van der Waals surface area contributed by atoms with Crippen LogP contribution in [-0.2, 0) is 10.0 Å². The molecular formula is C20H22ClFN2O3S. The Morgan fingerprint density at radius 1 is 1.29 bits per heavy atom. The molecular weight excluding hydrogens is 403 g/mol. The SMILES string of the molecule is Cc1cccc(-c2cc(Cl)c(F)c(C(=O)CNS(=O)(=O)CC3CCNC3)c2)c1. The van der Waals surface area contributed by atoms with Crippen LogP contribution in [-0.4, -0.2) is 39.6 Å². The maximum Gasteiger partial charge on any atom is 0.212 e. The number of ketones is 1. The lowest BCUT2D eigenvalue weighted by Gasteiger charge is -2.12. The molecule has 0 amide bonds. The van der Waals surface area contributed by atoms with E-state index in [0.717, 1.165) is 24.1 Å². The molecule has 2 N–H and O–H groups in total. The van der Waals surface area contributed by atoms with Crippen LogP contribution in [0.2, 0.25) is 5.02 Å². The molecule has 1 saturated heterocycles. The molecule has 0 bridgehead atoms. The first-order valence-corrected chi connectivity index (χ1v) is 11.1. The second-order valence-corrected chi connectivity index (χ2v) is 9.33. The van der Waals surface area contributed by atoms with Gasteiger partial charge in [0.1, 0.15) is 0 Å². The van der Waals surface area contributed by atoms with Gasteiger partial charge in [-0.1, -0.05) is 41.4 Å². The molecule has 28 heavy (non-hydrogen) atoms. The van der Waals surface area contributed by atoms with E-state index in [1.165, 1.54) is 12.1 Å². The fourth-order valence-electron chi connectivity index (χ4n) is 3.28. The number of nitrogens with one attached hydrogen (secondary N) is 2. The Morgan fingerprint density at radius 3 is 2.75 bits per heavy atom. The van der Waals surface area contributed by atoms with Crippen molar-refractivity contribution in [3.63, 3.8) is 0 Å². The summed E-state index contributed by atoms with van der Waals surface area (Å²) < 4.78 is 41.1. The first kappa shape index (κ1) is 20.9. The van der Waals surface area contributed by atoms with E-state index >= 15 is 0 Å². The number of rotatable bonds is 7. The van der Waals surface area contributed by atoms with Gasteiger partial charge in [0.25, 0.3) is 0 Å². The van der Waals surface area contributed by atoms with E-state index in [1.54, 1.807) is 0 Å². The van der Waals surface area contributed by atoms with Crippen molar-refractivity contribution >= 4 is 27.4 Å². The van der Waals surface area contributed by atoms with Crippen LogP contribution in [0.1, 0.15) is 22.3 Å². The molecule has 1 unspecified atom stereocenters. The minimum absolute atomic E-state index is 0.0171. The topological polar surface area (TPSA) is 75.3 Å². The lowest BCUT2D eigenvalue weighted by atomic mass is 9.99. The zero-order valence-corrected chi connectivity index (χ0v) is 17.0. The lowest BCUT2D eigenvalue weighted by molar-refractivity contribution is 0.0993. The molecule has 2 aromatic carbocycles. The van der Waals surface area contributed by atoms with Gasteiger partial charge in [-0.25, -0.2) is 17.5 Å². The van der Waals surface area contributed by atoms with Crippen molar-refractivity contribution in [1.29, 1.82) is 0 Å². The number of halogens is 2. The summed E-state index contributed by atoms with van der Waals surface area (Å²) in [6.07, 6.45) is 0.775. The molecule has 1 heterocycles. The van der Waals surface area contributed by atoms with Gasteiger partial charge in [-0.05, 0) is 55.6 Å². The highest BCUT2D eigenvalue weighted by Gasteiger charge is 2.24. The molecule has 8 heteroatoms. The zero-order valence-electron chi connectivity index (χ0n) is 15.5. The predicted octanol–water partition coefficient (Wildman–Crippen LogP) is 3.17. The summed E-state index contributed by atoms with van der Waals surface area (Å²) in [4.78, 5) is 12.5. The molecule has 0 radical (unpaired) electrons. The maximum atomic E-state index is 14.4. The average Bonchev–Trinajstić information content (AvgIpc) is 3.14. The molecule has 1 aliphatic heterocycles. The van der Waals surface area contributed by atoms with E-state index in [-0.39, 0.29) is 22.3 Å². The number of aryl methyl sites for hydroxylation is 1. The number of benzene rings is 2. The number of Topliss-reactive ketones (excluding diaryl/α,β-unsaturated/α-hetero) is 1. The van der Waals surface area contributed by atoms with E-state index in [1.807, 2.05) is 31.2 Å². The highest BCUT2D eigenvalue weighted by molar-refractivity contribution is 7.89. The van der Waals surface area contributed by atoms with Crippen molar-refractivity contribution in [3.05, 3.63) is 58.4 Å². The first-order valence-electron chi connectivity index (χ1n) is 9.02. The second-order valence-electron chi connectivity index (χ2n) is 7.07. The van der Waals surface area contributed by atoms with Gasteiger partial charge in [0.2, 0.25) is 10.0 Å². The number of carbonyl (C=O) groups is 1. The molecule has 0 aromatic heterocycles. The minimum Gasteiger partial charge on any atom is -0.316 e. The lowest BCUT2D eigenvalue weighted by Crippen LogP contribution is -2.34. The van der Waals surface area contributed by atoms with Crippen molar-refractivity contribution in [1.82, 2.24) is 10.0 Å². The highest BCUT2D eigenvalue weighted by atomic mass is 35.5. The fraction of sp³-hybridized carbons (Fsp3) is 0.350. The van der Waals surface area contributed by atoms with Gasteiger partial charge in [0, 0.05) is 0 Å². The molecule has 3 rings (SSSR count). The number of hydrogen-bond donors (Lipinski definition) is 2. The molecule has 150 valence electrons. The quantitative estimate of drug-likeness (QED) is 0.669. The number of hydrogen-bond acceptors (Lipinski definition) is 4. The Balaban J connectivity index is 1.77. The maximum absolute atomic E-state index is 14.4. The Morgan fingerprint density at radius 2 is 2.07 bits per heavy atom. The minimum atomic E-state index is -3.63. The van der Waals surface area contributed by atoms with Gasteiger partial charge in [-0.3, -0.25) is 4.79 Å². The highest BCUT2D eigenvalue weighted by Crippen LogP contribution is 2.28. The largest absolute Gasteiger partial charge is 0.316 e. The van der Waals surface area contributed by atoms with E-state index in [0.29, 0.717) is 12.1 Å². The molecule has 0 aliphatic carbocycles. The summed E-state index contributed by atoms with van der Waals surface area (Å²) in [5.41, 5.74) is 2.18. The van der Waals surface area contributed by atoms with Crippen LogP contribution < -0.4 is 10.0 Å². The summed E-state index contributed by atoms with van der Waals surface area (Å²) >= 11 is 5.98. The predicted molar refractivity (Wildman–Crippen MR) is 109 cm³/mol. The van der Waals surface area contributed by atoms with Gasteiger partial charge >= 0.3 is 0 Å². The van der Waals surface area contributed by atoms with Gasteiger partial charge in [0.15, 0.2) is 11.6 Å². The van der Waals surface area contributed by atoms with Crippen molar-refractivity contribution in [2.45, 2.75) is 13.3 Å². The Labute approximate surface area is 169 Å². The summed E-state index contributed by atoms with van der Waals surface area (Å²) in [5, 5.41) is 2.92. The number of sulfonamides is 1. The van der Waals surface area contributed by atoms with E-state index < -0.39 is 28.2 Å².